The van der Waals surface area contributed by atoms with Crippen LogP contribution in [0.1, 0.15) is 35.7 Å². The highest BCUT2D eigenvalue weighted by Gasteiger charge is 2.27. The van der Waals surface area contributed by atoms with Gasteiger partial charge in [0.25, 0.3) is 5.91 Å². The molecule has 1 aromatic heterocycles. The molecule has 1 N–H and O–H groups in total. The van der Waals surface area contributed by atoms with E-state index in [4.69, 9.17) is 9.72 Å². The first kappa shape index (κ1) is 19.5. The Morgan fingerprint density at radius 3 is 2.76 bits per heavy atom. The Balaban J connectivity index is 1.72. The highest BCUT2D eigenvalue weighted by molar-refractivity contribution is 6.04. The predicted octanol–water partition coefficient (Wildman–Crippen LogP) is 3.95. The van der Waals surface area contributed by atoms with Crippen molar-refractivity contribution in [3.63, 3.8) is 0 Å². The lowest BCUT2D eigenvalue weighted by atomic mass is 10.1. The monoisotopic (exact) mass is 392 g/mol. The summed E-state index contributed by atoms with van der Waals surface area (Å²) in [5, 5.41) is 3.03. The van der Waals surface area contributed by atoms with Crippen LogP contribution in [0.15, 0.2) is 42.5 Å². The average Bonchev–Trinajstić information content (AvgIpc) is 3.29. The molecule has 6 nitrogen and oxygen atoms in total. The topological polar surface area (TPSA) is 59.4 Å². The fourth-order valence-corrected chi connectivity index (χ4v) is 3.88. The third kappa shape index (κ3) is 3.98. The summed E-state index contributed by atoms with van der Waals surface area (Å²) in [4.78, 5) is 19.7. The number of nitrogens with one attached hydrogen (secondary N) is 1. The van der Waals surface area contributed by atoms with Crippen molar-refractivity contribution in [1.29, 1.82) is 0 Å². The highest BCUT2D eigenvalue weighted by atomic mass is 16.5. The normalized spacial score (nSPS) is 15.5. The first-order valence-electron chi connectivity index (χ1n) is 10.3. The van der Waals surface area contributed by atoms with Gasteiger partial charge in [0.05, 0.1) is 11.0 Å². The second-order valence-corrected chi connectivity index (χ2v) is 7.83. The quantitative estimate of drug-likeness (QED) is 0.661. The van der Waals surface area contributed by atoms with Gasteiger partial charge in [-0.25, -0.2) is 4.98 Å². The van der Waals surface area contributed by atoms with Gasteiger partial charge in [0.15, 0.2) is 0 Å². The first-order chi connectivity index (χ1) is 14.1. The third-order valence-electron chi connectivity index (χ3n) is 5.40. The van der Waals surface area contributed by atoms with Gasteiger partial charge >= 0.3 is 0 Å². The molecule has 2 aromatic carbocycles. The Hall–Kier alpha value is -2.86. The van der Waals surface area contributed by atoms with Gasteiger partial charge in [0.1, 0.15) is 11.9 Å². The van der Waals surface area contributed by atoms with Gasteiger partial charge in [0.2, 0.25) is 5.95 Å². The van der Waals surface area contributed by atoms with E-state index in [1.165, 1.54) is 5.56 Å². The zero-order valence-corrected chi connectivity index (χ0v) is 17.3. The molecule has 1 aliphatic heterocycles. The summed E-state index contributed by atoms with van der Waals surface area (Å²) in [5.74, 6) is 1.40. The van der Waals surface area contributed by atoms with Crippen molar-refractivity contribution in [2.24, 2.45) is 0 Å². The number of carbonyl (C=O) groups excluding carboxylic acids is 1. The number of amides is 1. The molecule has 0 fully saturated rings. The second-order valence-electron chi connectivity index (χ2n) is 7.83. The summed E-state index contributed by atoms with van der Waals surface area (Å²) in [6, 6.07) is 13.3. The van der Waals surface area contributed by atoms with Crippen LogP contribution in [-0.2, 0) is 13.0 Å². The SMILES string of the molecule is CCC1Cc2c(ccc3nc(NC(=O)c4ccccc4)n(CCCN(C)C)c23)O1. The molecule has 0 aliphatic carbocycles. The van der Waals surface area contributed by atoms with Crippen LogP contribution in [-0.4, -0.2) is 47.1 Å². The van der Waals surface area contributed by atoms with Crippen LogP contribution in [0.3, 0.4) is 0 Å². The average molecular weight is 393 g/mol. The van der Waals surface area contributed by atoms with Crippen molar-refractivity contribution in [2.75, 3.05) is 26.0 Å². The molecule has 1 aliphatic rings. The van der Waals surface area contributed by atoms with E-state index in [0.717, 1.165) is 49.1 Å². The first-order valence-corrected chi connectivity index (χ1v) is 10.3. The zero-order chi connectivity index (χ0) is 20.4. The Morgan fingerprint density at radius 2 is 2.03 bits per heavy atom. The molecule has 0 spiro atoms. The van der Waals surface area contributed by atoms with Crippen molar-refractivity contribution >= 4 is 22.9 Å². The number of hydrogen-bond donors (Lipinski definition) is 1. The highest BCUT2D eigenvalue weighted by Crippen LogP contribution is 2.37. The molecule has 0 radical (unpaired) electrons. The Bertz CT molecular complexity index is 1010. The minimum atomic E-state index is -0.144. The number of ether oxygens (including phenoxy) is 1. The number of aryl methyl sites for hydroxylation is 1. The fraction of sp³-hybridized carbons (Fsp3) is 0.391. The summed E-state index contributed by atoms with van der Waals surface area (Å²) in [6.45, 7) is 3.90. The van der Waals surface area contributed by atoms with Gasteiger partial charge < -0.3 is 14.2 Å². The van der Waals surface area contributed by atoms with E-state index in [9.17, 15) is 4.79 Å². The number of fused-ring (bicyclic) bond motifs is 3. The molecule has 0 saturated heterocycles. The van der Waals surface area contributed by atoms with Crippen LogP contribution in [0.2, 0.25) is 0 Å². The zero-order valence-electron chi connectivity index (χ0n) is 17.3. The molecule has 0 saturated carbocycles. The third-order valence-corrected chi connectivity index (χ3v) is 5.40. The summed E-state index contributed by atoms with van der Waals surface area (Å²) in [5.41, 5.74) is 3.81. The lowest BCUT2D eigenvalue weighted by Gasteiger charge is -2.14. The summed E-state index contributed by atoms with van der Waals surface area (Å²) >= 11 is 0. The van der Waals surface area contributed by atoms with Gasteiger partial charge in [-0.05, 0) is 57.7 Å². The number of rotatable bonds is 7. The smallest absolute Gasteiger partial charge is 0.257 e. The maximum atomic E-state index is 12.8. The van der Waals surface area contributed by atoms with Crippen LogP contribution >= 0.6 is 0 Å². The van der Waals surface area contributed by atoms with E-state index in [-0.39, 0.29) is 12.0 Å². The molecule has 3 aromatic rings. The Morgan fingerprint density at radius 1 is 1.24 bits per heavy atom. The lowest BCUT2D eigenvalue weighted by molar-refractivity contribution is 0.102. The van der Waals surface area contributed by atoms with Gasteiger partial charge in [-0.1, -0.05) is 25.1 Å². The van der Waals surface area contributed by atoms with E-state index >= 15 is 0 Å². The summed E-state index contributed by atoms with van der Waals surface area (Å²) < 4.78 is 8.24. The molecule has 29 heavy (non-hydrogen) atoms. The molecule has 0 bridgehead atoms. The number of carbonyl (C=O) groups is 1. The molecule has 4 rings (SSSR count). The van der Waals surface area contributed by atoms with E-state index in [0.29, 0.717) is 11.5 Å². The minimum absolute atomic E-state index is 0.144. The van der Waals surface area contributed by atoms with Crippen molar-refractivity contribution < 1.29 is 9.53 Å². The van der Waals surface area contributed by atoms with Gasteiger partial charge in [-0.15, -0.1) is 0 Å². The molecule has 1 unspecified atom stereocenters. The molecule has 6 heteroatoms. The maximum Gasteiger partial charge on any atom is 0.257 e. The number of imidazole rings is 1. The molecular weight excluding hydrogens is 364 g/mol. The van der Waals surface area contributed by atoms with E-state index in [1.807, 2.05) is 42.5 Å². The number of aromatic nitrogens is 2. The lowest BCUT2D eigenvalue weighted by Crippen LogP contribution is -2.18. The van der Waals surface area contributed by atoms with Crippen LogP contribution in [0.4, 0.5) is 5.95 Å². The summed E-state index contributed by atoms with van der Waals surface area (Å²) in [7, 11) is 4.14. The van der Waals surface area contributed by atoms with Gasteiger partial charge in [-0.3, -0.25) is 10.1 Å². The molecule has 152 valence electrons. The fourth-order valence-electron chi connectivity index (χ4n) is 3.88. The molecule has 1 amide bonds. The Kier molecular flexibility index (Phi) is 5.53. The van der Waals surface area contributed by atoms with Gasteiger partial charge in [-0.2, -0.15) is 0 Å². The minimum Gasteiger partial charge on any atom is -0.490 e. The van der Waals surface area contributed by atoms with E-state index in [1.54, 1.807) is 0 Å². The van der Waals surface area contributed by atoms with E-state index in [2.05, 4.69) is 35.8 Å². The van der Waals surface area contributed by atoms with Crippen molar-refractivity contribution in [3.05, 3.63) is 53.6 Å². The number of anilines is 1. The summed E-state index contributed by atoms with van der Waals surface area (Å²) in [6.07, 6.45) is 3.04. The van der Waals surface area contributed by atoms with Crippen molar-refractivity contribution in [2.45, 2.75) is 38.8 Å². The molecular formula is C23H28N4O2. The second kappa shape index (κ2) is 8.25. The van der Waals surface area contributed by atoms with Crippen LogP contribution in [0, 0.1) is 0 Å². The number of nitrogens with zero attached hydrogens (tertiary/aromatic N) is 3. The predicted molar refractivity (Wildman–Crippen MR) is 116 cm³/mol. The number of hydrogen-bond acceptors (Lipinski definition) is 4. The maximum absolute atomic E-state index is 12.8. The van der Waals surface area contributed by atoms with Crippen molar-refractivity contribution in [1.82, 2.24) is 14.5 Å². The largest absolute Gasteiger partial charge is 0.490 e. The van der Waals surface area contributed by atoms with Crippen molar-refractivity contribution in [3.8, 4) is 5.75 Å². The van der Waals surface area contributed by atoms with Crippen LogP contribution < -0.4 is 10.1 Å². The molecule has 1 atom stereocenters. The van der Waals surface area contributed by atoms with Crippen LogP contribution in [0.25, 0.3) is 11.0 Å². The number of benzene rings is 2. The van der Waals surface area contributed by atoms with Crippen LogP contribution in [0.5, 0.6) is 5.75 Å². The van der Waals surface area contributed by atoms with E-state index < -0.39 is 0 Å². The van der Waals surface area contributed by atoms with Gasteiger partial charge in [0, 0.05) is 24.1 Å². The Labute approximate surface area is 171 Å². The standard InChI is InChI=1S/C23H28N4O2/c1-4-17-15-18-20(29-17)12-11-19-21(18)27(14-8-13-26(2)3)23(24-19)25-22(28)16-9-6-5-7-10-16/h5-7,9-12,17H,4,8,13-15H2,1-3H3,(H,24,25,28). The molecule has 2 heterocycles.